The highest BCUT2D eigenvalue weighted by Crippen LogP contribution is 2.31. The molecule has 3 N–H and O–H groups in total. The molecule has 0 spiro atoms. The Bertz CT molecular complexity index is 256. The molecule has 17 heavy (non-hydrogen) atoms. The molecule has 0 radical (unpaired) electrons. The fourth-order valence-electron chi connectivity index (χ4n) is 2.57. The van der Waals surface area contributed by atoms with Crippen LogP contribution in [0, 0.1) is 5.92 Å². The van der Waals surface area contributed by atoms with Gasteiger partial charge in [-0.3, -0.25) is 4.79 Å². The van der Waals surface area contributed by atoms with Crippen molar-refractivity contribution < 1.29 is 9.90 Å². The molecule has 1 aliphatic rings. The van der Waals surface area contributed by atoms with Crippen molar-refractivity contribution in [2.24, 2.45) is 5.92 Å². The first-order chi connectivity index (χ1) is 7.91. The van der Waals surface area contributed by atoms with Gasteiger partial charge in [0.1, 0.15) is 0 Å². The second kappa shape index (κ2) is 6.36. The normalized spacial score (nSPS) is 29.4. The van der Waals surface area contributed by atoms with Crippen LogP contribution in [0.2, 0.25) is 0 Å². The fraction of sp³-hybridized carbons (Fsp3) is 0.923. The molecule has 0 heterocycles. The van der Waals surface area contributed by atoms with Gasteiger partial charge >= 0.3 is 0 Å². The lowest BCUT2D eigenvalue weighted by Gasteiger charge is -2.35. The maximum absolute atomic E-state index is 11.4. The Morgan fingerprint density at radius 3 is 2.82 bits per heavy atom. The summed E-state index contributed by atoms with van der Waals surface area (Å²) in [5.41, 5.74) is -0.615. The van der Waals surface area contributed by atoms with Crippen molar-refractivity contribution in [3.05, 3.63) is 0 Å². The zero-order chi connectivity index (χ0) is 12.9. The predicted molar refractivity (Wildman–Crippen MR) is 68.7 cm³/mol. The van der Waals surface area contributed by atoms with Crippen LogP contribution in [0.4, 0.5) is 0 Å². The van der Waals surface area contributed by atoms with Crippen molar-refractivity contribution in [3.63, 3.8) is 0 Å². The van der Waals surface area contributed by atoms with E-state index in [0.29, 0.717) is 12.5 Å². The molecule has 0 aliphatic heterocycles. The highest BCUT2D eigenvalue weighted by Gasteiger charge is 2.32. The van der Waals surface area contributed by atoms with Crippen LogP contribution in [0.15, 0.2) is 0 Å². The maximum Gasteiger partial charge on any atom is 0.234 e. The van der Waals surface area contributed by atoms with Crippen LogP contribution < -0.4 is 10.6 Å². The lowest BCUT2D eigenvalue weighted by Crippen LogP contribution is -2.47. The van der Waals surface area contributed by atoms with E-state index >= 15 is 0 Å². The molecular formula is C13H26N2O2. The highest BCUT2D eigenvalue weighted by molar-refractivity contribution is 5.78. The molecule has 0 saturated heterocycles. The molecule has 1 saturated carbocycles. The first-order valence-electron chi connectivity index (χ1n) is 6.64. The van der Waals surface area contributed by atoms with E-state index in [1.807, 2.05) is 13.8 Å². The average molecular weight is 242 g/mol. The van der Waals surface area contributed by atoms with Gasteiger partial charge in [-0.2, -0.15) is 0 Å². The molecule has 100 valence electrons. The van der Waals surface area contributed by atoms with Crippen molar-refractivity contribution in [2.75, 3.05) is 13.1 Å². The molecule has 1 amide bonds. The van der Waals surface area contributed by atoms with E-state index < -0.39 is 5.60 Å². The zero-order valence-electron chi connectivity index (χ0n) is 11.3. The minimum Gasteiger partial charge on any atom is -0.389 e. The van der Waals surface area contributed by atoms with Crippen molar-refractivity contribution in [1.82, 2.24) is 10.6 Å². The number of nitrogens with one attached hydrogen (secondary N) is 2. The van der Waals surface area contributed by atoms with E-state index in [1.165, 1.54) is 6.42 Å². The van der Waals surface area contributed by atoms with Gasteiger partial charge in [-0.05, 0) is 32.6 Å². The summed E-state index contributed by atoms with van der Waals surface area (Å²) in [5, 5.41) is 16.2. The van der Waals surface area contributed by atoms with E-state index in [9.17, 15) is 9.90 Å². The molecule has 2 atom stereocenters. The minimum atomic E-state index is -0.615. The maximum atomic E-state index is 11.4. The van der Waals surface area contributed by atoms with Gasteiger partial charge < -0.3 is 15.7 Å². The molecule has 1 rings (SSSR count). The van der Waals surface area contributed by atoms with Gasteiger partial charge in [0, 0.05) is 12.6 Å². The van der Waals surface area contributed by atoms with Gasteiger partial charge in [-0.15, -0.1) is 0 Å². The predicted octanol–water partition coefficient (Wildman–Crippen LogP) is 1.04. The van der Waals surface area contributed by atoms with Gasteiger partial charge in [0.25, 0.3) is 0 Å². The number of hydrogen-bond acceptors (Lipinski definition) is 3. The molecule has 0 aromatic carbocycles. The summed E-state index contributed by atoms with van der Waals surface area (Å²) in [6.45, 7) is 6.86. The Kier molecular flexibility index (Phi) is 5.40. The first kappa shape index (κ1) is 14.5. The molecule has 0 aromatic rings. The summed E-state index contributed by atoms with van der Waals surface area (Å²) in [7, 11) is 0. The third-order valence-electron chi connectivity index (χ3n) is 3.26. The average Bonchev–Trinajstić information content (AvgIpc) is 2.15. The van der Waals surface area contributed by atoms with Crippen LogP contribution in [0.25, 0.3) is 0 Å². The topological polar surface area (TPSA) is 61.4 Å². The van der Waals surface area contributed by atoms with Crippen molar-refractivity contribution in [1.29, 1.82) is 0 Å². The van der Waals surface area contributed by atoms with E-state index in [2.05, 4.69) is 17.6 Å². The molecule has 0 aromatic heterocycles. The summed E-state index contributed by atoms with van der Waals surface area (Å²) in [6, 6.07) is 0.169. The molecule has 0 bridgehead atoms. The Balaban J connectivity index is 2.23. The lowest BCUT2D eigenvalue weighted by atomic mass is 9.79. The second-order valence-electron chi connectivity index (χ2n) is 5.75. The van der Waals surface area contributed by atoms with Gasteiger partial charge in [0.05, 0.1) is 12.1 Å². The van der Waals surface area contributed by atoms with Crippen LogP contribution >= 0.6 is 0 Å². The van der Waals surface area contributed by atoms with Gasteiger partial charge in [-0.1, -0.05) is 19.8 Å². The van der Waals surface area contributed by atoms with E-state index in [-0.39, 0.29) is 18.5 Å². The van der Waals surface area contributed by atoms with Gasteiger partial charge in [-0.25, -0.2) is 0 Å². The van der Waals surface area contributed by atoms with Crippen LogP contribution in [0.3, 0.4) is 0 Å². The van der Waals surface area contributed by atoms with Crippen LogP contribution in [0.1, 0.15) is 46.5 Å². The Hall–Kier alpha value is -0.610. The molecule has 2 unspecified atom stereocenters. The number of carbonyl (C=O) groups excluding carboxylic acids is 1. The zero-order valence-corrected chi connectivity index (χ0v) is 11.3. The number of aliphatic hydroxyl groups is 1. The van der Waals surface area contributed by atoms with Crippen LogP contribution in [0.5, 0.6) is 0 Å². The van der Waals surface area contributed by atoms with Crippen LogP contribution in [-0.4, -0.2) is 35.7 Å². The smallest absolute Gasteiger partial charge is 0.234 e. The van der Waals surface area contributed by atoms with E-state index in [0.717, 1.165) is 19.3 Å². The standard InChI is InChI=1S/C13H26N2O2/c1-10(2)15-12(16)8-14-9-13(17)6-4-5-11(3)7-13/h10-11,14,17H,4-9H2,1-3H3,(H,15,16). The molecule has 1 fully saturated rings. The van der Waals surface area contributed by atoms with Crippen LogP contribution in [-0.2, 0) is 4.79 Å². The summed E-state index contributed by atoms with van der Waals surface area (Å²) < 4.78 is 0. The molecule has 4 nitrogen and oxygen atoms in total. The van der Waals surface area contributed by atoms with E-state index in [1.54, 1.807) is 0 Å². The first-order valence-corrected chi connectivity index (χ1v) is 6.64. The van der Waals surface area contributed by atoms with Crippen molar-refractivity contribution in [3.8, 4) is 0 Å². The minimum absolute atomic E-state index is 0.00698. The Morgan fingerprint density at radius 1 is 1.53 bits per heavy atom. The quantitative estimate of drug-likeness (QED) is 0.675. The summed E-state index contributed by atoms with van der Waals surface area (Å²) in [4.78, 5) is 11.4. The Labute approximate surface area is 104 Å². The van der Waals surface area contributed by atoms with Crippen molar-refractivity contribution in [2.45, 2.75) is 58.1 Å². The highest BCUT2D eigenvalue weighted by atomic mass is 16.3. The van der Waals surface area contributed by atoms with E-state index in [4.69, 9.17) is 0 Å². The number of rotatable bonds is 5. The monoisotopic (exact) mass is 242 g/mol. The third kappa shape index (κ3) is 5.50. The number of hydrogen-bond donors (Lipinski definition) is 3. The molecule has 1 aliphatic carbocycles. The Morgan fingerprint density at radius 2 is 2.24 bits per heavy atom. The third-order valence-corrected chi connectivity index (χ3v) is 3.26. The van der Waals surface area contributed by atoms with Gasteiger partial charge in [0.15, 0.2) is 0 Å². The molecule has 4 heteroatoms. The molecular weight excluding hydrogens is 216 g/mol. The summed E-state index contributed by atoms with van der Waals surface area (Å²) in [5.74, 6) is 0.576. The largest absolute Gasteiger partial charge is 0.389 e. The second-order valence-corrected chi connectivity index (χ2v) is 5.75. The fourth-order valence-corrected chi connectivity index (χ4v) is 2.57. The van der Waals surface area contributed by atoms with Gasteiger partial charge in [0.2, 0.25) is 5.91 Å². The van der Waals surface area contributed by atoms with Crippen molar-refractivity contribution >= 4 is 5.91 Å². The SMILES string of the molecule is CC1CCCC(O)(CNCC(=O)NC(C)C)C1. The summed E-state index contributed by atoms with van der Waals surface area (Å²) >= 11 is 0. The number of carbonyl (C=O) groups is 1. The lowest BCUT2D eigenvalue weighted by molar-refractivity contribution is -0.120. The summed E-state index contributed by atoms with van der Waals surface area (Å²) in [6.07, 6.45) is 3.97. The number of amides is 1.